The van der Waals surface area contributed by atoms with Crippen molar-refractivity contribution in [2.45, 2.75) is 12.7 Å². The fourth-order valence-electron chi connectivity index (χ4n) is 0.342. The summed E-state index contributed by atoms with van der Waals surface area (Å²) < 4.78 is 0. The summed E-state index contributed by atoms with van der Waals surface area (Å²) >= 11 is 0. The molecule has 0 aromatic rings. The van der Waals surface area contributed by atoms with Crippen molar-refractivity contribution in [2.24, 2.45) is 17.2 Å². The van der Waals surface area contributed by atoms with E-state index in [1.807, 2.05) is 6.92 Å². The lowest BCUT2D eigenvalue weighted by Gasteiger charge is -2.17. The molecular formula is C4H14N4. The van der Waals surface area contributed by atoms with Gasteiger partial charge in [-0.3, -0.25) is 0 Å². The monoisotopic (exact) mass is 118 g/mol. The van der Waals surface area contributed by atoms with Crippen molar-refractivity contribution in [1.29, 1.82) is 0 Å². The van der Waals surface area contributed by atoms with Crippen LogP contribution >= 0.6 is 0 Å². The Hall–Kier alpha value is -0.160. The second-order valence-corrected chi connectivity index (χ2v) is 1.89. The lowest BCUT2D eigenvalue weighted by molar-refractivity contribution is 0.429. The first-order chi connectivity index (χ1) is 3.56. The summed E-state index contributed by atoms with van der Waals surface area (Å²) in [6.07, 6.45) is 0. The SMILES string of the molecule is CCNCC(N)(N)N. The first kappa shape index (κ1) is 7.84. The van der Waals surface area contributed by atoms with Gasteiger partial charge in [0.15, 0.2) is 0 Å². The van der Waals surface area contributed by atoms with Gasteiger partial charge < -0.3 is 22.5 Å². The molecule has 0 spiro atoms. The maximum atomic E-state index is 5.21. The van der Waals surface area contributed by atoms with Crippen molar-refractivity contribution in [3.63, 3.8) is 0 Å². The minimum atomic E-state index is -1.06. The fraction of sp³-hybridized carbons (Fsp3) is 1.00. The second-order valence-electron chi connectivity index (χ2n) is 1.89. The van der Waals surface area contributed by atoms with Crippen LogP contribution in [0.2, 0.25) is 0 Å². The van der Waals surface area contributed by atoms with E-state index >= 15 is 0 Å². The quantitative estimate of drug-likeness (QED) is 0.327. The number of nitrogens with one attached hydrogen (secondary N) is 1. The Morgan fingerprint density at radius 2 is 1.88 bits per heavy atom. The highest BCUT2D eigenvalue weighted by molar-refractivity contribution is 4.69. The van der Waals surface area contributed by atoms with Crippen molar-refractivity contribution >= 4 is 0 Å². The van der Waals surface area contributed by atoms with Gasteiger partial charge in [0.2, 0.25) is 0 Å². The standard InChI is InChI=1S/C4H14N4/c1-2-8-3-4(5,6)7/h8H,2-3,5-7H2,1H3. The molecule has 4 heteroatoms. The molecule has 0 aliphatic rings. The zero-order valence-electron chi connectivity index (χ0n) is 5.15. The summed E-state index contributed by atoms with van der Waals surface area (Å²) in [5, 5.41) is 2.91. The van der Waals surface area contributed by atoms with Crippen molar-refractivity contribution in [2.75, 3.05) is 13.1 Å². The molecule has 0 aliphatic heterocycles. The van der Waals surface area contributed by atoms with Crippen LogP contribution < -0.4 is 22.5 Å². The summed E-state index contributed by atoms with van der Waals surface area (Å²) in [5.74, 6) is -1.06. The van der Waals surface area contributed by atoms with Crippen LogP contribution in [0.1, 0.15) is 6.92 Å². The normalized spacial score (nSPS) is 12.0. The van der Waals surface area contributed by atoms with E-state index in [9.17, 15) is 0 Å². The number of hydrogen-bond acceptors (Lipinski definition) is 4. The zero-order valence-corrected chi connectivity index (χ0v) is 5.15. The zero-order chi connectivity index (χ0) is 6.62. The van der Waals surface area contributed by atoms with Gasteiger partial charge in [-0.2, -0.15) is 0 Å². The Morgan fingerprint density at radius 1 is 1.38 bits per heavy atom. The molecule has 0 aromatic carbocycles. The number of likely N-dealkylation sites (N-methyl/N-ethyl adjacent to an activating group) is 1. The molecule has 0 atom stereocenters. The van der Waals surface area contributed by atoms with E-state index in [4.69, 9.17) is 17.2 Å². The Balaban J connectivity index is 3.11. The summed E-state index contributed by atoms with van der Waals surface area (Å²) in [4.78, 5) is 0. The molecule has 0 saturated heterocycles. The van der Waals surface area contributed by atoms with Crippen LogP contribution in [0, 0.1) is 0 Å². The molecule has 7 N–H and O–H groups in total. The molecule has 0 unspecified atom stereocenters. The fourth-order valence-corrected chi connectivity index (χ4v) is 0.342. The van der Waals surface area contributed by atoms with Crippen molar-refractivity contribution in [3.05, 3.63) is 0 Å². The largest absolute Gasteiger partial charge is 0.313 e. The minimum absolute atomic E-state index is 0.448. The van der Waals surface area contributed by atoms with Gasteiger partial charge in [0.25, 0.3) is 0 Å². The van der Waals surface area contributed by atoms with Gasteiger partial charge in [-0.25, -0.2) is 0 Å². The van der Waals surface area contributed by atoms with Crippen LogP contribution in [-0.2, 0) is 0 Å². The molecule has 0 rings (SSSR count). The molecule has 0 bridgehead atoms. The van der Waals surface area contributed by atoms with Gasteiger partial charge in [-0.05, 0) is 6.54 Å². The maximum Gasteiger partial charge on any atom is 0.128 e. The van der Waals surface area contributed by atoms with Gasteiger partial charge in [0, 0.05) is 6.54 Å². The van der Waals surface area contributed by atoms with E-state index in [1.165, 1.54) is 0 Å². The lowest BCUT2D eigenvalue weighted by atomic mass is 10.4. The highest BCUT2D eigenvalue weighted by Crippen LogP contribution is 1.69. The van der Waals surface area contributed by atoms with Gasteiger partial charge in [0.1, 0.15) is 5.79 Å². The third kappa shape index (κ3) is 5.84. The van der Waals surface area contributed by atoms with E-state index in [2.05, 4.69) is 5.32 Å². The van der Waals surface area contributed by atoms with Crippen molar-refractivity contribution in [3.8, 4) is 0 Å². The molecule has 0 aliphatic carbocycles. The molecule has 0 heterocycles. The number of hydrogen-bond donors (Lipinski definition) is 4. The topological polar surface area (TPSA) is 90.1 Å². The predicted octanol–water partition coefficient (Wildman–Crippen LogP) is -1.87. The Labute approximate surface area is 49.4 Å². The summed E-state index contributed by atoms with van der Waals surface area (Å²) in [6, 6.07) is 0. The highest BCUT2D eigenvalue weighted by atomic mass is 15.2. The van der Waals surface area contributed by atoms with Crippen LogP contribution in [0.5, 0.6) is 0 Å². The molecule has 0 fully saturated rings. The van der Waals surface area contributed by atoms with E-state index in [-0.39, 0.29) is 0 Å². The van der Waals surface area contributed by atoms with Gasteiger partial charge in [-0.15, -0.1) is 0 Å². The first-order valence-electron chi connectivity index (χ1n) is 2.63. The Morgan fingerprint density at radius 3 is 2.00 bits per heavy atom. The number of nitrogens with two attached hydrogens (primary N) is 3. The van der Waals surface area contributed by atoms with Crippen molar-refractivity contribution < 1.29 is 0 Å². The molecule has 8 heavy (non-hydrogen) atoms. The van der Waals surface area contributed by atoms with Crippen LogP contribution in [0.25, 0.3) is 0 Å². The number of rotatable bonds is 3. The summed E-state index contributed by atoms with van der Waals surface area (Å²) in [6.45, 7) is 3.25. The smallest absolute Gasteiger partial charge is 0.128 e. The van der Waals surface area contributed by atoms with Crippen LogP contribution in [0.15, 0.2) is 0 Å². The molecule has 0 amide bonds. The minimum Gasteiger partial charge on any atom is -0.313 e. The summed E-state index contributed by atoms with van der Waals surface area (Å²) in [5.41, 5.74) is 15.6. The lowest BCUT2D eigenvalue weighted by Crippen LogP contribution is -2.63. The molecule has 0 saturated carbocycles. The van der Waals surface area contributed by atoms with Crippen molar-refractivity contribution in [1.82, 2.24) is 5.32 Å². The molecule has 0 aromatic heterocycles. The van der Waals surface area contributed by atoms with E-state index < -0.39 is 5.79 Å². The Bertz CT molecular complexity index is 55.5. The molecule has 4 nitrogen and oxygen atoms in total. The van der Waals surface area contributed by atoms with Gasteiger partial charge in [-0.1, -0.05) is 6.92 Å². The highest BCUT2D eigenvalue weighted by Gasteiger charge is 2.08. The first-order valence-corrected chi connectivity index (χ1v) is 2.63. The maximum absolute atomic E-state index is 5.21. The van der Waals surface area contributed by atoms with Crippen LogP contribution in [0.3, 0.4) is 0 Å². The average Bonchev–Trinajstić information content (AvgIpc) is 1.59. The van der Waals surface area contributed by atoms with Crippen LogP contribution in [-0.4, -0.2) is 18.9 Å². The second kappa shape index (κ2) is 2.99. The van der Waals surface area contributed by atoms with Gasteiger partial charge in [0.05, 0.1) is 0 Å². The van der Waals surface area contributed by atoms with Gasteiger partial charge >= 0.3 is 0 Å². The Kier molecular flexibility index (Phi) is 2.93. The van der Waals surface area contributed by atoms with E-state index in [0.29, 0.717) is 6.54 Å². The van der Waals surface area contributed by atoms with E-state index in [1.54, 1.807) is 0 Å². The summed E-state index contributed by atoms with van der Waals surface area (Å²) in [7, 11) is 0. The third-order valence-electron chi connectivity index (χ3n) is 0.681. The third-order valence-corrected chi connectivity index (χ3v) is 0.681. The average molecular weight is 118 g/mol. The van der Waals surface area contributed by atoms with Crippen LogP contribution in [0.4, 0.5) is 0 Å². The molecule has 0 radical (unpaired) electrons. The molecular weight excluding hydrogens is 104 g/mol. The molecule has 50 valence electrons. The predicted molar refractivity (Wildman–Crippen MR) is 33.8 cm³/mol. The van der Waals surface area contributed by atoms with E-state index in [0.717, 1.165) is 6.54 Å².